The zero-order valence-corrected chi connectivity index (χ0v) is 19.2. The van der Waals surface area contributed by atoms with Gasteiger partial charge in [-0.3, -0.25) is 0 Å². The van der Waals surface area contributed by atoms with E-state index in [1.165, 1.54) is 0 Å². The van der Waals surface area contributed by atoms with Crippen LogP contribution in [0.1, 0.15) is 23.6 Å². The Morgan fingerprint density at radius 1 is 0.897 bits per heavy atom. The van der Waals surface area contributed by atoms with Crippen molar-refractivity contribution in [2.24, 2.45) is 0 Å². The molecule has 0 fully saturated rings. The third-order valence-corrected chi connectivity index (χ3v) is 5.48. The molecule has 0 aliphatic carbocycles. The first-order valence-electron chi connectivity index (χ1n) is 9.33. The first kappa shape index (κ1) is 22.0. The van der Waals surface area contributed by atoms with Gasteiger partial charge in [0.2, 0.25) is 0 Å². The molecular formula is C23H22BrCl2NO2. The average molecular weight is 495 g/mol. The van der Waals surface area contributed by atoms with Crippen molar-refractivity contribution in [3.05, 3.63) is 91.9 Å². The van der Waals surface area contributed by atoms with E-state index in [0.717, 1.165) is 26.2 Å². The van der Waals surface area contributed by atoms with Gasteiger partial charge in [-0.15, -0.1) is 0 Å². The van der Waals surface area contributed by atoms with E-state index in [9.17, 15) is 0 Å². The second-order valence-electron chi connectivity index (χ2n) is 6.45. The molecule has 6 heteroatoms. The van der Waals surface area contributed by atoms with E-state index < -0.39 is 0 Å². The molecule has 0 aliphatic heterocycles. The van der Waals surface area contributed by atoms with Crippen LogP contribution < -0.4 is 14.8 Å². The lowest BCUT2D eigenvalue weighted by molar-refractivity contribution is 0.267. The fourth-order valence-electron chi connectivity index (χ4n) is 2.85. The molecule has 3 rings (SSSR count). The van der Waals surface area contributed by atoms with Gasteiger partial charge >= 0.3 is 0 Å². The molecule has 0 saturated carbocycles. The first-order chi connectivity index (χ1) is 14.1. The molecule has 0 spiro atoms. The third-order valence-electron chi connectivity index (χ3n) is 4.27. The Morgan fingerprint density at radius 2 is 1.66 bits per heavy atom. The lowest BCUT2D eigenvalue weighted by Crippen LogP contribution is -2.13. The molecule has 3 aromatic carbocycles. The van der Waals surface area contributed by atoms with Gasteiger partial charge in [-0.05, 0) is 69.9 Å². The van der Waals surface area contributed by atoms with Crippen LogP contribution in [0.15, 0.2) is 65.1 Å². The molecule has 0 radical (unpaired) electrons. The molecule has 29 heavy (non-hydrogen) atoms. The Balaban J connectivity index is 1.68. The van der Waals surface area contributed by atoms with E-state index >= 15 is 0 Å². The molecule has 3 nitrogen and oxygen atoms in total. The van der Waals surface area contributed by atoms with Gasteiger partial charge in [0.05, 0.1) is 11.1 Å². The SMILES string of the molecule is CCOc1cc(CNCc2ccccc2Cl)cc(Br)c1OCc1ccc(Cl)cc1. The van der Waals surface area contributed by atoms with Crippen LogP contribution in [0.25, 0.3) is 0 Å². The Morgan fingerprint density at radius 3 is 2.38 bits per heavy atom. The van der Waals surface area contributed by atoms with Crippen molar-refractivity contribution < 1.29 is 9.47 Å². The molecule has 1 N–H and O–H groups in total. The molecule has 3 aromatic rings. The summed E-state index contributed by atoms with van der Waals surface area (Å²) in [7, 11) is 0. The minimum Gasteiger partial charge on any atom is -0.490 e. The van der Waals surface area contributed by atoms with Gasteiger partial charge < -0.3 is 14.8 Å². The van der Waals surface area contributed by atoms with E-state index in [4.69, 9.17) is 32.7 Å². The quantitative estimate of drug-likeness (QED) is 0.346. The van der Waals surface area contributed by atoms with Crippen molar-refractivity contribution >= 4 is 39.1 Å². The van der Waals surface area contributed by atoms with E-state index in [1.807, 2.05) is 67.6 Å². The van der Waals surface area contributed by atoms with Crippen LogP contribution in [0.5, 0.6) is 11.5 Å². The first-order valence-corrected chi connectivity index (χ1v) is 10.9. The zero-order valence-electron chi connectivity index (χ0n) is 16.1. The minimum absolute atomic E-state index is 0.431. The standard InChI is InChI=1S/C23H22BrCl2NO2/c1-2-28-22-12-17(13-27-14-18-5-3-4-6-21(18)26)11-20(24)23(22)29-15-16-7-9-19(25)10-8-16/h3-12,27H,2,13-15H2,1H3. The van der Waals surface area contributed by atoms with Gasteiger partial charge in [0.1, 0.15) is 6.61 Å². The van der Waals surface area contributed by atoms with Crippen molar-refractivity contribution in [3.8, 4) is 11.5 Å². The molecule has 0 saturated heterocycles. The van der Waals surface area contributed by atoms with Gasteiger partial charge in [0.15, 0.2) is 11.5 Å². The van der Waals surface area contributed by atoms with Gasteiger partial charge in [-0.2, -0.15) is 0 Å². The summed E-state index contributed by atoms with van der Waals surface area (Å²) in [6.07, 6.45) is 0. The number of nitrogens with one attached hydrogen (secondary N) is 1. The Kier molecular flexibility index (Phi) is 8.25. The summed E-state index contributed by atoms with van der Waals surface area (Å²) in [5, 5.41) is 4.90. The second-order valence-corrected chi connectivity index (χ2v) is 8.15. The Bertz CT molecular complexity index is 948. The molecule has 0 bridgehead atoms. The van der Waals surface area contributed by atoms with E-state index in [2.05, 4.69) is 21.2 Å². The van der Waals surface area contributed by atoms with Gasteiger partial charge in [-0.25, -0.2) is 0 Å². The van der Waals surface area contributed by atoms with Crippen LogP contribution in [0.2, 0.25) is 10.0 Å². The molecule has 0 atom stereocenters. The van der Waals surface area contributed by atoms with Gasteiger partial charge in [-0.1, -0.05) is 53.5 Å². The highest BCUT2D eigenvalue weighted by Crippen LogP contribution is 2.37. The second kappa shape index (κ2) is 10.9. The molecule has 0 aliphatic rings. The fraction of sp³-hybridized carbons (Fsp3) is 0.217. The van der Waals surface area contributed by atoms with Crippen LogP contribution in [-0.2, 0) is 19.7 Å². The van der Waals surface area contributed by atoms with Crippen molar-refractivity contribution in [1.82, 2.24) is 5.32 Å². The van der Waals surface area contributed by atoms with Crippen molar-refractivity contribution in [3.63, 3.8) is 0 Å². The normalized spacial score (nSPS) is 10.8. The van der Waals surface area contributed by atoms with E-state index in [1.54, 1.807) is 0 Å². The summed E-state index contributed by atoms with van der Waals surface area (Å²) in [5.41, 5.74) is 3.20. The molecule has 0 amide bonds. The zero-order chi connectivity index (χ0) is 20.6. The number of hydrogen-bond donors (Lipinski definition) is 1. The van der Waals surface area contributed by atoms with Crippen LogP contribution >= 0.6 is 39.1 Å². The van der Waals surface area contributed by atoms with Crippen molar-refractivity contribution in [1.29, 1.82) is 0 Å². The molecule has 0 unspecified atom stereocenters. The van der Waals surface area contributed by atoms with Crippen LogP contribution in [0.3, 0.4) is 0 Å². The van der Waals surface area contributed by atoms with Crippen molar-refractivity contribution in [2.75, 3.05) is 6.61 Å². The van der Waals surface area contributed by atoms with Crippen molar-refractivity contribution in [2.45, 2.75) is 26.6 Å². The number of ether oxygens (including phenoxy) is 2. The summed E-state index contributed by atoms with van der Waals surface area (Å²) in [6, 6.07) is 19.5. The summed E-state index contributed by atoms with van der Waals surface area (Å²) in [6.45, 7) is 4.32. The predicted molar refractivity (Wildman–Crippen MR) is 123 cm³/mol. The maximum Gasteiger partial charge on any atom is 0.175 e. The number of halogens is 3. The topological polar surface area (TPSA) is 30.5 Å². The third kappa shape index (κ3) is 6.38. The highest BCUT2D eigenvalue weighted by atomic mass is 79.9. The van der Waals surface area contributed by atoms with Crippen LogP contribution in [0.4, 0.5) is 0 Å². The summed E-state index contributed by atoms with van der Waals surface area (Å²) in [4.78, 5) is 0. The average Bonchev–Trinajstić information content (AvgIpc) is 2.70. The fourth-order valence-corrected chi connectivity index (χ4v) is 3.78. The monoisotopic (exact) mass is 493 g/mol. The smallest absolute Gasteiger partial charge is 0.175 e. The number of rotatable bonds is 9. The largest absolute Gasteiger partial charge is 0.490 e. The van der Waals surface area contributed by atoms with Crippen LogP contribution in [0, 0.1) is 0 Å². The molecule has 0 heterocycles. The summed E-state index contributed by atoms with van der Waals surface area (Å²) in [5.74, 6) is 1.40. The Hall–Kier alpha value is -1.72. The van der Waals surface area contributed by atoms with Gasteiger partial charge in [0, 0.05) is 23.1 Å². The highest BCUT2D eigenvalue weighted by Gasteiger charge is 2.13. The number of hydrogen-bond acceptors (Lipinski definition) is 3. The number of benzene rings is 3. The highest BCUT2D eigenvalue weighted by molar-refractivity contribution is 9.10. The van der Waals surface area contributed by atoms with Gasteiger partial charge in [0.25, 0.3) is 0 Å². The molecular weight excluding hydrogens is 473 g/mol. The predicted octanol–water partition coefficient (Wildman–Crippen LogP) is 7.02. The van der Waals surface area contributed by atoms with E-state index in [-0.39, 0.29) is 0 Å². The molecule has 0 aromatic heterocycles. The summed E-state index contributed by atoms with van der Waals surface area (Å²) < 4.78 is 12.7. The summed E-state index contributed by atoms with van der Waals surface area (Å²) >= 11 is 15.8. The lowest BCUT2D eigenvalue weighted by atomic mass is 10.1. The molecule has 152 valence electrons. The van der Waals surface area contributed by atoms with Crippen LogP contribution in [-0.4, -0.2) is 6.61 Å². The Labute approximate surface area is 190 Å². The maximum atomic E-state index is 6.22. The minimum atomic E-state index is 0.431. The maximum absolute atomic E-state index is 6.22. The van der Waals surface area contributed by atoms with E-state index in [0.29, 0.717) is 42.8 Å². The lowest BCUT2D eigenvalue weighted by Gasteiger charge is -2.16.